The Balaban J connectivity index is 1.17. The number of ether oxygens (including phenoxy) is 1. The molecule has 1 atom stereocenters. The van der Waals surface area contributed by atoms with Crippen LogP contribution in [0.3, 0.4) is 0 Å². The lowest BCUT2D eigenvalue weighted by Gasteiger charge is -2.35. The van der Waals surface area contributed by atoms with E-state index in [4.69, 9.17) is 4.74 Å². The SMILES string of the molecule is CCC1CCC(C2CC=C(c3cnc(-c4ccc(CN(CC(=O)O)C(=O)CNC(=O)c5ccc(OC)cc5C(F)(F)F)cc4)nc3)CC2)CC1. The number of aromatic nitrogens is 2. The number of hydrogen-bond acceptors (Lipinski definition) is 6. The number of amides is 2. The summed E-state index contributed by atoms with van der Waals surface area (Å²) in [4.78, 5) is 47.3. The highest BCUT2D eigenvalue weighted by Crippen LogP contribution is 2.42. The van der Waals surface area contributed by atoms with Crippen molar-refractivity contribution < 1.29 is 37.4 Å². The van der Waals surface area contributed by atoms with Crippen LogP contribution in [-0.4, -0.2) is 58.0 Å². The minimum absolute atomic E-state index is 0.0862. The van der Waals surface area contributed by atoms with E-state index in [1.165, 1.54) is 57.3 Å². The molecule has 0 radical (unpaired) electrons. The fraction of sp³-hybridized carbons (Fsp3) is 0.447. The highest BCUT2D eigenvalue weighted by molar-refractivity contribution is 5.98. The zero-order chi connectivity index (χ0) is 35.8. The van der Waals surface area contributed by atoms with Gasteiger partial charge in [0.2, 0.25) is 5.91 Å². The molecule has 2 aliphatic rings. The summed E-state index contributed by atoms with van der Waals surface area (Å²) in [7, 11) is 1.20. The Morgan fingerprint density at radius 2 is 1.66 bits per heavy atom. The average molecular weight is 693 g/mol. The van der Waals surface area contributed by atoms with Gasteiger partial charge in [0.05, 0.1) is 24.8 Å². The van der Waals surface area contributed by atoms with Crippen molar-refractivity contribution >= 4 is 23.4 Å². The Morgan fingerprint density at radius 3 is 2.24 bits per heavy atom. The highest BCUT2D eigenvalue weighted by atomic mass is 19.4. The van der Waals surface area contributed by atoms with E-state index in [9.17, 15) is 32.7 Å². The lowest BCUT2D eigenvalue weighted by atomic mass is 9.71. The van der Waals surface area contributed by atoms with Crippen LogP contribution in [0.4, 0.5) is 13.2 Å². The average Bonchev–Trinajstić information content (AvgIpc) is 3.13. The number of nitrogens with one attached hydrogen (secondary N) is 1. The van der Waals surface area contributed by atoms with Crippen molar-refractivity contribution in [1.29, 1.82) is 0 Å². The summed E-state index contributed by atoms with van der Waals surface area (Å²) in [6.45, 7) is 0.820. The maximum absolute atomic E-state index is 13.6. The van der Waals surface area contributed by atoms with E-state index in [0.717, 1.165) is 52.7 Å². The van der Waals surface area contributed by atoms with Gasteiger partial charge < -0.3 is 20.1 Å². The van der Waals surface area contributed by atoms with Crippen molar-refractivity contribution in [3.8, 4) is 17.1 Å². The van der Waals surface area contributed by atoms with E-state index >= 15 is 0 Å². The van der Waals surface area contributed by atoms with Gasteiger partial charge in [-0.15, -0.1) is 0 Å². The van der Waals surface area contributed by atoms with Gasteiger partial charge in [-0.1, -0.05) is 56.5 Å². The van der Waals surface area contributed by atoms with E-state index < -0.39 is 48.2 Å². The number of carboxylic acids is 1. The number of carbonyl (C=O) groups excluding carboxylic acids is 2. The zero-order valence-corrected chi connectivity index (χ0v) is 28.3. The molecule has 1 fully saturated rings. The van der Waals surface area contributed by atoms with Gasteiger partial charge in [-0.25, -0.2) is 9.97 Å². The van der Waals surface area contributed by atoms with Crippen molar-refractivity contribution in [3.63, 3.8) is 0 Å². The first-order valence-corrected chi connectivity index (χ1v) is 17.1. The molecule has 50 heavy (non-hydrogen) atoms. The van der Waals surface area contributed by atoms with Crippen LogP contribution in [0.15, 0.2) is 60.9 Å². The second kappa shape index (κ2) is 16.3. The molecule has 0 spiro atoms. The number of methoxy groups -OCH3 is 1. The van der Waals surface area contributed by atoms with E-state index in [0.29, 0.717) is 17.5 Å². The van der Waals surface area contributed by atoms with Gasteiger partial charge in [0.1, 0.15) is 12.3 Å². The predicted molar refractivity (Wildman–Crippen MR) is 182 cm³/mol. The Kier molecular flexibility index (Phi) is 11.9. The van der Waals surface area contributed by atoms with E-state index in [2.05, 4.69) is 28.3 Å². The van der Waals surface area contributed by atoms with Crippen molar-refractivity contribution in [2.45, 2.75) is 71.0 Å². The second-order valence-corrected chi connectivity index (χ2v) is 13.2. The molecular formula is C38H43F3N4O5. The van der Waals surface area contributed by atoms with E-state index in [1.54, 1.807) is 24.3 Å². The number of allylic oxidation sites excluding steroid dienone is 2. The summed E-state index contributed by atoms with van der Waals surface area (Å²) >= 11 is 0. The minimum atomic E-state index is -4.84. The van der Waals surface area contributed by atoms with Crippen molar-refractivity contribution in [2.75, 3.05) is 20.2 Å². The number of alkyl halides is 3. The number of nitrogens with zero attached hydrogens (tertiary/aromatic N) is 3. The normalized spacial score (nSPS) is 19.3. The number of rotatable bonds is 12. The number of aliphatic carboxylic acids is 1. The second-order valence-electron chi connectivity index (χ2n) is 13.2. The molecule has 2 aliphatic carbocycles. The van der Waals surface area contributed by atoms with Crippen LogP contribution in [0.2, 0.25) is 0 Å². The smallest absolute Gasteiger partial charge is 0.417 e. The molecule has 2 amide bonds. The quantitative estimate of drug-likeness (QED) is 0.203. The number of carbonyl (C=O) groups is 3. The van der Waals surface area contributed by atoms with Gasteiger partial charge in [-0.2, -0.15) is 13.2 Å². The number of carboxylic acid groups (broad SMARTS) is 1. The van der Waals surface area contributed by atoms with Crippen LogP contribution in [0.5, 0.6) is 5.75 Å². The maximum Gasteiger partial charge on any atom is 0.417 e. The molecule has 0 saturated heterocycles. The molecule has 5 rings (SSSR count). The predicted octanol–water partition coefficient (Wildman–Crippen LogP) is 7.41. The summed E-state index contributed by atoms with van der Waals surface area (Å²) in [5.41, 5.74) is 1.74. The monoisotopic (exact) mass is 692 g/mol. The third-order valence-corrected chi connectivity index (χ3v) is 10.1. The zero-order valence-electron chi connectivity index (χ0n) is 28.3. The largest absolute Gasteiger partial charge is 0.497 e. The Morgan fingerprint density at radius 1 is 0.960 bits per heavy atom. The summed E-state index contributed by atoms with van der Waals surface area (Å²) < 4.78 is 45.5. The highest BCUT2D eigenvalue weighted by Gasteiger charge is 2.36. The van der Waals surface area contributed by atoms with Crippen LogP contribution >= 0.6 is 0 Å². The topological polar surface area (TPSA) is 122 Å². The molecule has 3 aromatic rings. The first kappa shape index (κ1) is 36.5. The molecule has 9 nitrogen and oxygen atoms in total. The van der Waals surface area contributed by atoms with Crippen LogP contribution in [0, 0.1) is 17.8 Å². The van der Waals surface area contributed by atoms with Gasteiger partial charge in [0, 0.05) is 30.1 Å². The molecule has 1 unspecified atom stereocenters. The molecule has 1 saturated carbocycles. The number of halogens is 3. The molecule has 1 aromatic heterocycles. The van der Waals surface area contributed by atoms with Crippen LogP contribution in [0.25, 0.3) is 17.0 Å². The molecule has 1 heterocycles. The molecule has 12 heteroatoms. The van der Waals surface area contributed by atoms with Gasteiger partial charge in [0.15, 0.2) is 5.82 Å². The van der Waals surface area contributed by atoms with E-state index in [1.807, 2.05) is 12.4 Å². The standard InChI is InChI=1S/C38H43F3N4O5/c1-3-24-4-8-26(9-5-24)27-12-14-28(15-13-27)30-19-42-36(43-20-30)29-10-6-25(7-11-29)22-45(23-35(47)48)34(46)21-44-37(49)32-17-16-31(50-2)18-33(32)38(39,40)41/h6-7,10-11,14,16-20,24,26-27H,3-5,8-9,12-13,15,21-23H2,1-2H3,(H,44,49)(H,47,48). The lowest BCUT2D eigenvalue weighted by molar-refractivity contribution is -0.144. The Labute approximate surface area is 290 Å². The van der Waals surface area contributed by atoms with Gasteiger partial charge in [-0.05, 0) is 79.2 Å². The molecule has 2 aromatic carbocycles. The third-order valence-electron chi connectivity index (χ3n) is 10.1. The number of hydrogen-bond donors (Lipinski definition) is 2. The van der Waals surface area contributed by atoms with Crippen molar-refractivity contribution in [1.82, 2.24) is 20.2 Å². The van der Waals surface area contributed by atoms with E-state index in [-0.39, 0.29) is 12.3 Å². The van der Waals surface area contributed by atoms with Crippen LogP contribution in [0.1, 0.15) is 85.3 Å². The summed E-state index contributed by atoms with van der Waals surface area (Å²) in [6.07, 6.45) is 11.3. The summed E-state index contributed by atoms with van der Waals surface area (Å²) in [5.74, 6) is -0.242. The minimum Gasteiger partial charge on any atom is -0.497 e. The Hall–Kier alpha value is -4.74. The molecule has 266 valence electrons. The van der Waals surface area contributed by atoms with Crippen molar-refractivity contribution in [2.24, 2.45) is 17.8 Å². The molecule has 2 N–H and O–H groups in total. The fourth-order valence-electron chi connectivity index (χ4n) is 7.08. The third kappa shape index (κ3) is 9.28. The summed E-state index contributed by atoms with van der Waals surface area (Å²) in [6, 6.07) is 9.84. The van der Waals surface area contributed by atoms with Gasteiger partial charge in [0.25, 0.3) is 5.91 Å². The molecule has 0 aliphatic heterocycles. The van der Waals surface area contributed by atoms with Crippen molar-refractivity contribution in [3.05, 3.63) is 83.2 Å². The first-order chi connectivity index (χ1) is 23.9. The fourth-order valence-corrected chi connectivity index (χ4v) is 7.08. The first-order valence-electron chi connectivity index (χ1n) is 17.1. The maximum atomic E-state index is 13.6. The lowest BCUT2D eigenvalue weighted by Crippen LogP contribution is -2.42. The number of benzene rings is 2. The molecule has 0 bridgehead atoms. The van der Waals surface area contributed by atoms with Gasteiger partial charge >= 0.3 is 12.1 Å². The van der Waals surface area contributed by atoms with Crippen LogP contribution in [-0.2, 0) is 22.3 Å². The molecular weight excluding hydrogens is 649 g/mol. The van der Waals surface area contributed by atoms with Crippen LogP contribution < -0.4 is 10.1 Å². The van der Waals surface area contributed by atoms with Gasteiger partial charge in [-0.3, -0.25) is 14.4 Å². The Bertz CT molecular complexity index is 1680. The summed E-state index contributed by atoms with van der Waals surface area (Å²) in [5, 5.41) is 11.6.